The molecule has 0 bridgehead atoms. The van der Waals surface area contributed by atoms with E-state index in [1.807, 2.05) is 54.0 Å². The Morgan fingerprint density at radius 2 is 2.00 bits per heavy atom. The van der Waals surface area contributed by atoms with E-state index in [0.29, 0.717) is 0 Å². The summed E-state index contributed by atoms with van der Waals surface area (Å²) in [5.41, 5.74) is 2.91. The zero-order chi connectivity index (χ0) is 10.1. The fourth-order valence-electron chi connectivity index (χ4n) is 1.45. The number of aromatic nitrogens is 2. The molecule has 2 aromatic rings. The number of rotatable bonds is 1. The molecule has 74 valence electrons. The van der Waals surface area contributed by atoms with Gasteiger partial charge in [-0.15, -0.1) is 23.5 Å². The minimum absolute atomic E-state index is 0.956. The molecule has 2 heterocycles. The topological polar surface area (TPSA) is 25.8 Å². The van der Waals surface area contributed by atoms with Crippen molar-refractivity contribution in [3.8, 4) is 0 Å². The fourth-order valence-corrected chi connectivity index (χ4v) is 3.50. The van der Waals surface area contributed by atoms with E-state index >= 15 is 0 Å². The van der Waals surface area contributed by atoms with Gasteiger partial charge in [-0.25, -0.2) is 4.98 Å². The molecular weight excluding hydrogens is 224 g/mol. The van der Waals surface area contributed by atoms with Gasteiger partial charge in [-0.3, -0.25) is 4.98 Å². The zero-order valence-electron chi connectivity index (χ0n) is 7.88. The number of hydrogen-bond acceptors (Lipinski definition) is 4. The van der Waals surface area contributed by atoms with Crippen LogP contribution in [0.25, 0.3) is 15.9 Å². The molecule has 0 saturated heterocycles. The Hall–Kier alpha value is -1.000. The van der Waals surface area contributed by atoms with Gasteiger partial charge < -0.3 is 0 Å². The Morgan fingerprint density at radius 1 is 1.13 bits per heavy atom. The molecular formula is C11H8N2S2. The van der Waals surface area contributed by atoms with Crippen LogP contribution < -0.4 is 0 Å². The summed E-state index contributed by atoms with van der Waals surface area (Å²) in [6.07, 6.45) is 1.85. The molecule has 3 rings (SSSR count). The van der Waals surface area contributed by atoms with E-state index in [-0.39, 0.29) is 0 Å². The third kappa shape index (κ3) is 1.75. The van der Waals surface area contributed by atoms with Crippen molar-refractivity contribution in [2.75, 3.05) is 5.08 Å². The van der Waals surface area contributed by atoms with Crippen molar-refractivity contribution in [3.63, 3.8) is 0 Å². The quantitative estimate of drug-likeness (QED) is 0.753. The molecule has 1 aromatic heterocycles. The third-order valence-electron chi connectivity index (χ3n) is 2.17. The van der Waals surface area contributed by atoms with Gasteiger partial charge in [0.05, 0.1) is 22.9 Å². The predicted molar refractivity (Wildman–Crippen MR) is 67.6 cm³/mol. The molecule has 1 aromatic carbocycles. The molecule has 0 amide bonds. The van der Waals surface area contributed by atoms with Crippen LogP contribution in [0.15, 0.2) is 35.9 Å². The maximum Gasteiger partial charge on any atom is 0.0961 e. The molecule has 0 radical (unpaired) electrons. The molecule has 1 aliphatic rings. The lowest BCUT2D eigenvalue weighted by Crippen LogP contribution is -1.89. The normalized spacial score (nSPS) is 15.6. The van der Waals surface area contributed by atoms with Crippen LogP contribution in [-0.4, -0.2) is 15.1 Å². The number of nitrogens with zero attached hydrogens (tertiary/aromatic N) is 2. The summed E-state index contributed by atoms with van der Waals surface area (Å²) in [4.78, 5) is 10.2. The van der Waals surface area contributed by atoms with E-state index in [1.165, 1.54) is 4.91 Å². The van der Waals surface area contributed by atoms with Gasteiger partial charge in [-0.1, -0.05) is 12.1 Å². The molecule has 0 N–H and O–H groups in total. The van der Waals surface area contributed by atoms with E-state index in [4.69, 9.17) is 0 Å². The van der Waals surface area contributed by atoms with Crippen molar-refractivity contribution in [3.05, 3.63) is 41.6 Å². The summed E-state index contributed by atoms with van der Waals surface area (Å²) in [6, 6.07) is 7.96. The fraction of sp³-hybridized carbons (Fsp3) is 0.0909. The Morgan fingerprint density at radius 3 is 2.80 bits per heavy atom. The first-order valence-corrected chi connectivity index (χ1v) is 6.64. The molecule has 15 heavy (non-hydrogen) atoms. The van der Waals surface area contributed by atoms with Crippen molar-refractivity contribution in [1.29, 1.82) is 0 Å². The molecule has 0 fully saturated rings. The number of fused-ring (bicyclic) bond motifs is 1. The van der Waals surface area contributed by atoms with Gasteiger partial charge in [0, 0.05) is 9.99 Å². The first kappa shape index (κ1) is 9.24. The van der Waals surface area contributed by atoms with Crippen LogP contribution in [0.1, 0.15) is 5.69 Å². The van der Waals surface area contributed by atoms with Gasteiger partial charge in [0.15, 0.2) is 0 Å². The summed E-state index contributed by atoms with van der Waals surface area (Å²) in [5, 5.41) is 3.24. The Kier molecular flexibility index (Phi) is 2.38. The molecule has 4 heteroatoms. The molecule has 0 spiro atoms. The Labute approximate surface area is 96.2 Å². The number of thioether (sulfide) groups is 2. The van der Waals surface area contributed by atoms with Crippen LogP contribution in [0.3, 0.4) is 0 Å². The van der Waals surface area contributed by atoms with Crippen molar-refractivity contribution in [2.24, 2.45) is 0 Å². The maximum atomic E-state index is 4.59. The summed E-state index contributed by atoms with van der Waals surface area (Å²) < 4.78 is 0. The van der Waals surface area contributed by atoms with E-state index in [2.05, 4.69) is 15.4 Å². The van der Waals surface area contributed by atoms with Crippen LogP contribution in [0.2, 0.25) is 0 Å². The molecule has 0 atom stereocenters. The van der Waals surface area contributed by atoms with Gasteiger partial charge in [0.2, 0.25) is 0 Å². The Balaban J connectivity index is 2.13. The van der Waals surface area contributed by atoms with E-state index in [1.54, 1.807) is 0 Å². The largest absolute Gasteiger partial charge is 0.252 e. The van der Waals surface area contributed by atoms with Crippen molar-refractivity contribution in [2.45, 2.75) is 0 Å². The Bertz CT molecular complexity index is 537. The van der Waals surface area contributed by atoms with Gasteiger partial charge >= 0.3 is 0 Å². The maximum absolute atomic E-state index is 4.59. The highest BCUT2D eigenvalue weighted by Gasteiger charge is 2.10. The number of para-hydroxylation sites is 2. The first-order chi connectivity index (χ1) is 7.43. The summed E-state index contributed by atoms with van der Waals surface area (Å²) in [7, 11) is 0. The highest BCUT2D eigenvalue weighted by Crippen LogP contribution is 2.38. The second-order valence-electron chi connectivity index (χ2n) is 3.15. The van der Waals surface area contributed by atoms with Crippen LogP contribution in [0, 0.1) is 0 Å². The minimum Gasteiger partial charge on any atom is -0.252 e. The van der Waals surface area contributed by atoms with Crippen LogP contribution in [0.4, 0.5) is 0 Å². The van der Waals surface area contributed by atoms with Crippen molar-refractivity contribution < 1.29 is 0 Å². The van der Waals surface area contributed by atoms with Crippen LogP contribution >= 0.6 is 23.5 Å². The van der Waals surface area contributed by atoms with Gasteiger partial charge in [-0.05, 0) is 17.5 Å². The smallest absolute Gasteiger partial charge is 0.0961 e. The summed E-state index contributed by atoms with van der Waals surface area (Å²) in [5.74, 6) is 0. The molecule has 0 aliphatic carbocycles. The minimum atomic E-state index is 0.956. The zero-order valence-corrected chi connectivity index (χ0v) is 9.52. The summed E-state index contributed by atoms with van der Waals surface area (Å²) in [6.45, 7) is 0. The highest BCUT2D eigenvalue weighted by molar-refractivity contribution is 8.25. The third-order valence-corrected chi connectivity index (χ3v) is 4.38. The summed E-state index contributed by atoms with van der Waals surface area (Å²) >= 11 is 3.64. The van der Waals surface area contributed by atoms with E-state index in [0.717, 1.165) is 21.8 Å². The second-order valence-corrected chi connectivity index (χ2v) is 5.40. The van der Waals surface area contributed by atoms with E-state index < -0.39 is 0 Å². The number of benzene rings is 1. The standard InChI is InChI=1S/C11H8N2S2/c1-2-4-9-8(3-1)12-5-10(13-9)11-6-14-7-15-11/h1-6H,7H2. The van der Waals surface area contributed by atoms with Crippen molar-refractivity contribution in [1.82, 2.24) is 9.97 Å². The lowest BCUT2D eigenvalue weighted by atomic mass is 10.3. The number of hydrogen-bond donors (Lipinski definition) is 0. The monoisotopic (exact) mass is 232 g/mol. The predicted octanol–water partition coefficient (Wildman–Crippen LogP) is 3.37. The SMILES string of the molecule is C1=C(c2cnc3ccccc3n2)SCS1. The first-order valence-electron chi connectivity index (χ1n) is 4.60. The lowest BCUT2D eigenvalue weighted by Gasteiger charge is -2.01. The van der Waals surface area contributed by atoms with Crippen molar-refractivity contribution >= 4 is 39.5 Å². The van der Waals surface area contributed by atoms with Crippen LogP contribution in [-0.2, 0) is 0 Å². The lowest BCUT2D eigenvalue weighted by molar-refractivity contribution is 1.26. The van der Waals surface area contributed by atoms with Gasteiger partial charge in [0.1, 0.15) is 0 Å². The van der Waals surface area contributed by atoms with Gasteiger partial charge in [-0.2, -0.15) is 0 Å². The average molecular weight is 232 g/mol. The highest BCUT2D eigenvalue weighted by atomic mass is 32.2. The molecule has 0 unspecified atom stereocenters. The van der Waals surface area contributed by atoms with E-state index in [9.17, 15) is 0 Å². The average Bonchev–Trinajstić information content (AvgIpc) is 2.82. The molecule has 0 saturated carbocycles. The van der Waals surface area contributed by atoms with Gasteiger partial charge in [0.25, 0.3) is 0 Å². The molecule has 1 aliphatic heterocycles. The molecule has 2 nitrogen and oxygen atoms in total. The van der Waals surface area contributed by atoms with Crippen LogP contribution in [0.5, 0.6) is 0 Å². The second kappa shape index (κ2) is 3.87.